The summed E-state index contributed by atoms with van der Waals surface area (Å²) in [4.78, 5) is 16.5. The Labute approximate surface area is 215 Å². The number of aliphatic hydroxyl groups is 1. The molecular formula is C22H29Cl2N7O3. The zero-order chi connectivity index (χ0) is 25.4. The number of phenols is 1. The number of methoxy groups -OCH3 is 1. The first-order valence-electron chi connectivity index (χ1n) is 11.6. The Morgan fingerprint density at radius 2 is 1.88 bits per heavy atom. The van der Waals surface area contributed by atoms with Gasteiger partial charge in [0.25, 0.3) is 0 Å². The Morgan fingerprint density at radius 3 is 2.53 bits per heavy atom. The summed E-state index contributed by atoms with van der Waals surface area (Å²) in [5, 5.41) is 29.6. The van der Waals surface area contributed by atoms with Crippen molar-refractivity contribution in [2.45, 2.75) is 25.5 Å². The second-order valence-electron chi connectivity index (χ2n) is 8.31. The van der Waals surface area contributed by atoms with Crippen LogP contribution < -0.4 is 9.64 Å². The van der Waals surface area contributed by atoms with E-state index in [1.54, 1.807) is 32.2 Å². The monoisotopic (exact) mass is 512 g/mol. The predicted molar refractivity (Wildman–Crippen MR) is 134 cm³/mol. The second kappa shape index (κ2) is 11.1. The van der Waals surface area contributed by atoms with E-state index < -0.39 is 12.6 Å². The Hall–Kier alpha value is -2.79. The van der Waals surface area contributed by atoms with Crippen molar-refractivity contribution in [3.8, 4) is 34.1 Å². The van der Waals surface area contributed by atoms with Crippen LogP contribution in [0.2, 0.25) is 0 Å². The van der Waals surface area contributed by atoms with Gasteiger partial charge in [0.05, 0.1) is 34.7 Å². The highest BCUT2D eigenvalue weighted by Crippen LogP contribution is 2.32. The molecule has 184 valence electrons. The Bertz CT molecular complexity index is 1200. The van der Waals surface area contributed by atoms with E-state index in [0.29, 0.717) is 41.6 Å². The number of rotatable bonds is 5. The number of nitrogens with zero attached hydrogens (tertiary/aromatic N) is 7. The Balaban J connectivity index is 0.00000241. The first-order chi connectivity index (χ1) is 16.4. The van der Waals surface area contributed by atoms with Gasteiger partial charge in [0.2, 0.25) is 11.8 Å². The van der Waals surface area contributed by atoms with Crippen LogP contribution >= 0.6 is 24.8 Å². The number of phenolic OH excluding ortho intramolecular Hbond substituents is 1. The van der Waals surface area contributed by atoms with Crippen LogP contribution in [0.4, 0.5) is 5.95 Å². The van der Waals surface area contributed by atoms with E-state index in [2.05, 4.69) is 30.0 Å². The first-order valence-corrected chi connectivity index (χ1v) is 10.1. The molecule has 2 aromatic heterocycles. The number of anilines is 1. The molecule has 3 aromatic rings. The number of aromatic hydroxyl groups is 1. The van der Waals surface area contributed by atoms with Crippen LogP contribution in [0, 0.1) is 0 Å². The average Bonchev–Trinajstić information content (AvgIpc) is 2.78. The van der Waals surface area contributed by atoms with Crippen molar-refractivity contribution in [2.24, 2.45) is 0 Å². The maximum Gasteiger partial charge on any atom is 0.245 e. The number of likely N-dealkylation sites (N-methyl/N-ethyl adjacent to an activating group) is 1. The van der Waals surface area contributed by atoms with E-state index in [-0.39, 0.29) is 42.5 Å². The van der Waals surface area contributed by atoms with Crippen LogP contribution in [0.25, 0.3) is 22.5 Å². The molecule has 4 rings (SSSR count). The molecular weight excluding hydrogens is 481 g/mol. The Kier molecular flexibility index (Phi) is 7.49. The van der Waals surface area contributed by atoms with Crippen LogP contribution in [-0.2, 0) is 0 Å². The zero-order valence-electron chi connectivity index (χ0n) is 21.9. The molecule has 0 aliphatic carbocycles. The number of benzene rings is 1. The molecule has 1 unspecified atom stereocenters. The van der Waals surface area contributed by atoms with Crippen molar-refractivity contribution in [3.63, 3.8) is 0 Å². The molecule has 0 spiro atoms. The van der Waals surface area contributed by atoms with Gasteiger partial charge in [0, 0.05) is 36.8 Å². The van der Waals surface area contributed by atoms with Gasteiger partial charge in [-0.05, 0) is 33.0 Å². The standard InChI is InChI=1S/C22H27N7O3.2ClH/c1-22(2,31)19-12-29(8-7-28(19)3)21-23-11-17(26-27-21)15-6-5-14(9-18(15)30)16-10-20(32-4)25-13-24-16;;/h5-6,9-11,13,19,30-31H,7-8,12H2,1-4H3;2*1H/i4D3;;. The highest BCUT2D eigenvalue weighted by molar-refractivity contribution is 5.85. The van der Waals surface area contributed by atoms with E-state index in [9.17, 15) is 10.2 Å². The van der Waals surface area contributed by atoms with Crippen LogP contribution in [0.3, 0.4) is 0 Å². The molecule has 2 N–H and O–H groups in total. The van der Waals surface area contributed by atoms with Crippen LogP contribution in [0.1, 0.15) is 18.0 Å². The smallest absolute Gasteiger partial charge is 0.245 e. The average molecular weight is 513 g/mol. The zero-order valence-corrected chi connectivity index (χ0v) is 20.5. The maximum atomic E-state index is 10.6. The molecule has 34 heavy (non-hydrogen) atoms. The summed E-state index contributed by atoms with van der Waals surface area (Å²) in [5.41, 5.74) is 0.868. The molecule has 0 radical (unpaired) electrons. The lowest BCUT2D eigenvalue weighted by molar-refractivity contribution is -0.0142. The van der Waals surface area contributed by atoms with E-state index in [0.717, 1.165) is 6.54 Å². The topological polar surface area (TPSA) is 121 Å². The molecule has 1 aliphatic heterocycles. The van der Waals surface area contributed by atoms with E-state index in [1.165, 1.54) is 18.5 Å². The quantitative estimate of drug-likeness (QED) is 0.526. The van der Waals surface area contributed by atoms with Crippen molar-refractivity contribution in [3.05, 3.63) is 36.8 Å². The van der Waals surface area contributed by atoms with Gasteiger partial charge in [-0.3, -0.25) is 4.90 Å². The van der Waals surface area contributed by atoms with Crippen molar-refractivity contribution in [1.82, 2.24) is 30.0 Å². The van der Waals surface area contributed by atoms with Crippen LogP contribution in [0.5, 0.6) is 11.6 Å². The summed E-state index contributed by atoms with van der Waals surface area (Å²) in [6, 6.07) is 6.15. The molecule has 1 atom stereocenters. The minimum Gasteiger partial charge on any atom is -0.507 e. The SMILES string of the molecule is Cl.Cl.[2H]C([2H])([2H])Oc1cc(-c2ccc(-c3cnc(N4CCN(C)C(C(C)(C)O)C4)nn3)c(O)c2)ncn1. The second-order valence-corrected chi connectivity index (χ2v) is 8.31. The number of hydrogen-bond donors (Lipinski definition) is 2. The summed E-state index contributed by atoms with van der Waals surface area (Å²) in [7, 11) is -0.647. The van der Waals surface area contributed by atoms with Crippen LogP contribution in [0.15, 0.2) is 36.8 Å². The van der Waals surface area contributed by atoms with Crippen molar-refractivity contribution in [1.29, 1.82) is 0 Å². The Morgan fingerprint density at radius 1 is 1.09 bits per heavy atom. The molecule has 1 aromatic carbocycles. The van der Waals surface area contributed by atoms with Gasteiger partial charge in [0.1, 0.15) is 17.8 Å². The normalized spacial score (nSPS) is 18.1. The number of aromatic nitrogens is 5. The van der Waals surface area contributed by atoms with Gasteiger partial charge < -0.3 is 19.8 Å². The van der Waals surface area contributed by atoms with E-state index >= 15 is 0 Å². The largest absolute Gasteiger partial charge is 0.507 e. The van der Waals surface area contributed by atoms with Crippen LogP contribution in [-0.4, -0.2) is 85.6 Å². The molecule has 0 saturated carbocycles. The van der Waals surface area contributed by atoms with Gasteiger partial charge in [0.15, 0.2) is 0 Å². The first kappa shape index (κ1) is 23.0. The molecule has 1 saturated heterocycles. The minimum atomic E-state index is -2.63. The molecule has 0 amide bonds. The summed E-state index contributed by atoms with van der Waals surface area (Å²) < 4.78 is 26.4. The maximum absolute atomic E-state index is 10.6. The third kappa shape index (κ3) is 5.82. The van der Waals surface area contributed by atoms with Gasteiger partial charge in [-0.15, -0.1) is 35.0 Å². The molecule has 0 bridgehead atoms. The third-order valence-corrected chi connectivity index (χ3v) is 5.61. The number of piperazine rings is 1. The lowest BCUT2D eigenvalue weighted by Gasteiger charge is -2.44. The fourth-order valence-corrected chi connectivity index (χ4v) is 3.82. The lowest BCUT2D eigenvalue weighted by atomic mass is 9.95. The fraction of sp³-hybridized carbons (Fsp3) is 0.409. The lowest BCUT2D eigenvalue weighted by Crippen LogP contribution is -2.60. The molecule has 12 heteroatoms. The summed E-state index contributed by atoms with van der Waals surface area (Å²) in [5.74, 6) is 0.292. The van der Waals surface area contributed by atoms with Crippen molar-refractivity contribution >= 4 is 30.8 Å². The van der Waals surface area contributed by atoms with E-state index in [4.69, 9.17) is 8.85 Å². The molecule has 10 nitrogen and oxygen atoms in total. The van der Waals surface area contributed by atoms with Gasteiger partial charge >= 0.3 is 0 Å². The molecule has 3 heterocycles. The minimum absolute atomic E-state index is 0. The summed E-state index contributed by atoms with van der Waals surface area (Å²) in [6.07, 6.45) is 2.73. The van der Waals surface area contributed by atoms with Gasteiger partial charge in [-0.1, -0.05) is 6.07 Å². The van der Waals surface area contributed by atoms with Gasteiger partial charge in [-0.2, -0.15) is 0 Å². The number of ether oxygens (including phenoxy) is 1. The van der Waals surface area contributed by atoms with E-state index in [1.807, 2.05) is 11.9 Å². The number of hydrogen-bond acceptors (Lipinski definition) is 10. The highest BCUT2D eigenvalue weighted by Gasteiger charge is 2.35. The number of halogens is 2. The van der Waals surface area contributed by atoms with Gasteiger partial charge in [-0.25, -0.2) is 15.0 Å². The third-order valence-electron chi connectivity index (χ3n) is 5.61. The fourth-order valence-electron chi connectivity index (χ4n) is 3.82. The highest BCUT2D eigenvalue weighted by atomic mass is 35.5. The summed E-state index contributed by atoms with van der Waals surface area (Å²) >= 11 is 0. The molecule has 1 aliphatic rings. The molecule has 1 fully saturated rings. The predicted octanol–water partition coefficient (Wildman–Crippen LogP) is 2.44. The van der Waals surface area contributed by atoms with Crippen molar-refractivity contribution in [2.75, 3.05) is 38.6 Å². The van der Waals surface area contributed by atoms with Crippen molar-refractivity contribution < 1.29 is 19.1 Å². The summed E-state index contributed by atoms with van der Waals surface area (Å²) in [6.45, 7) is 5.60.